The minimum absolute atomic E-state index is 0.0164. The number of halogens is 2. The molecule has 0 radical (unpaired) electrons. The number of anilines is 1. The fraction of sp³-hybridized carbons (Fsp3) is 0.471. The van der Waals surface area contributed by atoms with Gasteiger partial charge in [0.25, 0.3) is 0 Å². The van der Waals surface area contributed by atoms with Crippen LogP contribution < -0.4 is 4.90 Å². The molecule has 2 aliphatic heterocycles. The van der Waals surface area contributed by atoms with Crippen LogP contribution in [0.3, 0.4) is 0 Å². The molecule has 3 rings (SSSR count). The molecule has 0 aromatic heterocycles. The van der Waals surface area contributed by atoms with Crippen LogP contribution in [0.5, 0.6) is 0 Å². The fourth-order valence-electron chi connectivity index (χ4n) is 3.34. The first-order chi connectivity index (χ1) is 11.9. The van der Waals surface area contributed by atoms with Crippen molar-refractivity contribution in [3.8, 4) is 0 Å². The average molecular weight is 384 g/mol. The Bertz CT molecular complexity index is 697. The summed E-state index contributed by atoms with van der Waals surface area (Å²) in [5.41, 5.74) is 0.465. The quantitative estimate of drug-likeness (QED) is 0.784. The molecule has 6 nitrogen and oxygen atoms in total. The van der Waals surface area contributed by atoms with Crippen LogP contribution in [-0.2, 0) is 14.4 Å². The molecule has 2 heterocycles. The Kier molecular flexibility index (Phi) is 5.20. The van der Waals surface area contributed by atoms with E-state index in [1.165, 1.54) is 11.8 Å². The Labute approximate surface area is 156 Å². The summed E-state index contributed by atoms with van der Waals surface area (Å²) in [6.45, 7) is 3.85. The van der Waals surface area contributed by atoms with Crippen molar-refractivity contribution >= 4 is 46.6 Å². The van der Waals surface area contributed by atoms with Gasteiger partial charge < -0.3 is 14.7 Å². The van der Waals surface area contributed by atoms with E-state index in [2.05, 4.69) is 0 Å². The summed E-state index contributed by atoms with van der Waals surface area (Å²) in [6.07, 6.45) is 0.146. The molecule has 1 aromatic rings. The van der Waals surface area contributed by atoms with E-state index in [1.807, 2.05) is 0 Å². The van der Waals surface area contributed by atoms with Gasteiger partial charge in [-0.1, -0.05) is 29.3 Å². The lowest BCUT2D eigenvalue weighted by Gasteiger charge is -2.35. The second kappa shape index (κ2) is 7.22. The molecular formula is C17H19Cl2N3O3. The third kappa shape index (κ3) is 3.60. The van der Waals surface area contributed by atoms with Gasteiger partial charge in [-0.3, -0.25) is 14.4 Å². The van der Waals surface area contributed by atoms with Gasteiger partial charge in [0, 0.05) is 46.1 Å². The van der Waals surface area contributed by atoms with Crippen LogP contribution in [0.4, 0.5) is 5.69 Å². The van der Waals surface area contributed by atoms with Crippen LogP contribution in [-0.4, -0.2) is 60.2 Å². The standard InChI is InChI=1S/C17H19Cl2N3O3/c1-11(23)20-5-7-21(8-6-20)17(25)12-9-15(24)22(10-12)16-13(18)3-2-4-14(16)19/h2-4,12H,5-10H2,1H3. The average Bonchev–Trinajstić information content (AvgIpc) is 2.96. The molecule has 2 fully saturated rings. The minimum atomic E-state index is -0.413. The summed E-state index contributed by atoms with van der Waals surface area (Å²) in [7, 11) is 0. The van der Waals surface area contributed by atoms with E-state index in [0.29, 0.717) is 41.9 Å². The number of carbonyl (C=O) groups is 3. The maximum atomic E-state index is 12.7. The van der Waals surface area contributed by atoms with Crippen LogP contribution in [0.25, 0.3) is 0 Å². The van der Waals surface area contributed by atoms with Gasteiger partial charge >= 0.3 is 0 Å². The first-order valence-electron chi connectivity index (χ1n) is 8.17. The van der Waals surface area contributed by atoms with Crippen molar-refractivity contribution in [2.24, 2.45) is 5.92 Å². The molecule has 2 aliphatic rings. The third-order valence-corrected chi connectivity index (χ3v) is 5.33. The van der Waals surface area contributed by atoms with Gasteiger partial charge in [0.1, 0.15) is 0 Å². The van der Waals surface area contributed by atoms with E-state index in [1.54, 1.807) is 28.0 Å². The van der Waals surface area contributed by atoms with E-state index in [-0.39, 0.29) is 30.7 Å². The molecule has 134 valence electrons. The van der Waals surface area contributed by atoms with Crippen molar-refractivity contribution < 1.29 is 14.4 Å². The van der Waals surface area contributed by atoms with Crippen LogP contribution in [0.15, 0.2) is 18.2 Å². The van der Waals surface area contributed by atoms with Crippen molar-refractivity contribution in [1.29, 1.82) is 0 Å². The van der Waals surface area contributed by atoms with Gasteiger partial charge in [0.15, 0.2) is 0 Å². The fourth-order valence-corrected chi connectivity index (χ4v) is 3.94. The number of rotatable bonds is 2. The molecule has 1 atom stereocenters. The van der Waals surface area contributed by atoms with E-state index < -0.39 is 5.92 Å². The number of hydrogen-bond acceptors (Lipinski definition) is 3. The second-order valence-electron chi connectivity index (χ2n) is 6.31. The highest BCUT2D eigenvalue weighted by Crippen LogP contribution is 2.37. The number of carbonyl (C=O) groups excluding carboxylic acids is 3. The molecule has 0 spiro atoms. The number of piperazine rings is 1. The predicted molar refractivity (Wildman–Crippen MR) is 95.8 cm³/mol. The largest absolute Gasteiger partial charge is 0.339 e. The smallest absolute Gasteiger partial charge is 0.228 e. The maximum Gasteiger partial charge on any atom is 0.228 e. The maximum absolute atomic E-state index is 12.7. The molecule has 0 saturated carbocycles. The third-order valence-electron chi connectivity index (χ3n) is 4.72. The minimum Gasteiger partial charge on any atom is -0.339 e. The van der Waals surface area contributed by atoms with Crippen LogP contribution >= 0.6 is 23.2 Å². The molecule has 25 heavy (non-hydrogen) atoms. The van der Waals surface area contributed by atoms with Gasteiger partial charge in [-0.25, -0.2) is 0 Å². The number of benzene rings is 1. The number of para-hydroxylation sites is 1. The van der Waals surface area contributed by atoms with E-state index >= 15 is 0 Å². The summed E-state index contributed by atoms with van der Waals surface area (Å²) in [5, 5.41) is 0.785. The summed E-state index contributed by atoms with van der Waals surface area (Å²) in [6, 6.07) is 5.06. The highest BCUT2D eigenvalue weighted by molar-refractivity contribution is 6.40. The summed E-state index contributed by atoms with van der Waals surface area (Å²) in [5.74, 6) is -0.607. The Morgan fingerprint density at radius 3 is 2.16 bits per heavy atom. The van der Waals surface area contributed by atoms with Gasteiger partial charge in [-0.05, 0) is 12.1 Å². The van der Waals surface area contributed by atoms with Crippen LogP contribution in [0.2, 0.25) is 10.0 Å². The highest BCUT2D eigenvalue weighted by atomic mass is 35.5. The Morgan fingerprint density at radius 2 is 1.60 bits per heavy atom. The van der Waals surface area contributed by atoms with Crippen molar-refractivity contribution in [1.82, 2.24) is 9.80 Å². The molecule has 0 aliphatic carbocycles. The first-order valence-corrected chi connectivity index (χ1v) is 8.92. The Morgan fingerprint density at radius 1 is 1.04 bits per heavy atom. The molecule has 2 saturated heterocycles. The molecular weight excluding hydrogens is 365 g/mol. The summed E-state index contributed by atoms with van der Waals surface area (Å²) < 4.78 is 0. The molecule has 3 amide bonds. The van der Waals surface area contributed by atoms with Crippen molar-refractivity contribution in [3.63, 3.8) is 0 Å². The zero-order chi connectivity index (χ0) is 18.1. The van der Waals surface area contributed by atoms with Crippen LogP contribution in [0, 0.1) is 5.92 Å². The molecule has 0 bridgehead atoms. The van der Waals surface area contributed by atoms with Crippen molar-refractivity contribution in [2.75, 3.05) is 37.6 Å². The van der Waals surface area contributed by atoms with E-state index in [0.717, 1.165) is 0 Å². The summed E-state index contributed by atoms with van der Waals surface area (Å²) in [4.78, 5) is 41.5. The van der Waals surface area contributed by atoms with Gasteiger partial charge in [-0.2, -0.15) is 0 Å². The molecule has 1 aromatic carbocycles. The SMILES string of the molecule is CC(=O)N1CCN(C(=O)C2CC(=O)N(c3c(Cl)cccc3Cl)C2)CC1. The van der Waals surface area contributed by atoms with Gasteiger partial charge in [0.2, 0.25) is 17.7 Å². The lowest BCUT2D eigenvalue weighted by Crippen LogP contribution is -2.51. The zero-order valence-electron chi connectivity index (χ0n) is 13.9. The normalized spacial score (nSPS) is 21.0. The van der Waals surface area contributed by atoms with E-state index in [9.17, 15) is 14.4 Å². The first kappa shape index (κ1) is 18.0. The number of nitrogens with zero attached hydrogens (tertiary/aromatic N) is 3. The Hall–Kier alpha value is -1.79. The molecule has 1 unspecified atom stereocenters. The van der Waals surface area contributed by atoms with E-state index in [4.69, 9.17) is 23.2 Å². The number of hydrogen-bond donors (Lipinski definition) is 0. The van der Waals surface area contributed by atoms with Crippen molar-refractivity contribution in [3.05, 3.63) is 28.2 Å². The molecule has 0 N–H and O–H groups in total. The van der Waals surface area contributed by atoms with Gasteiger partial charge in [-0.15, -0.1) is 0 Å². The second-order valence-corrected chi connectivity index (χ2v) is 7.12. The lowest BCUT2D eigenvalue weighted by atomic mass is 10.1. The summed E-state index contributed by atoms with van der Waals surface area (Å²) >= 11 is 12.4. The highest BCUT2D eigenvalue weighted by Gasteiger charge is 2.39. The molecule has 8 heteroatoms. The predicted octanol–water partition coefficient (Wildman–Crippen LogP) is 2.04. The monoisotopic (exact) mass is 383 g/mol. The lowest BCUT2D eigenvalue weighted by molar-refractivity contribution is -0.141. The number of amides is 3. The Balaban J connectivity index is 1.69. The topological polar surface area (TPSA) is 60.9 Å². The van der Waals surface area contributed by atoms with Crippen molar-refractivity contribution in [2.45, 2.75) is 13.3 Å². The van der Waals surface area contributed by atoms with Gasteiger partial charge in [0.05, 0.1) is 21.7 Å². The van der Waals surface area contributed by atoms with Crippen LogP contribution in [0.1, 0.15) is 13.3 Å². The zero-order valence-corrected chi connectivity index (χ0v) is 15.4.